The lowest BCUT2D eigenvalue weighted by atomic mass is 10.1. The molecule has 0 fully saturated rings. The lowest BCUT2D eigenvalue weighted by molar-refractivity contribution is -0.121. The van der Waals surface area contributed by atoms with Crippen LogP contribution in [0.15, 0.2) is 23.7 Å². The van der Waals surface area contributed by atoms with Gasteiger partial charge in [0.1, 0.15) is 12.4 Å². The van der Waals surface area contributed by atoms with Crippen molar-refractivity contribution in [1.29, 1.82) is 0 Å². The summed E-state index contributed by atoms with van der Waals surface area (Å²) in [7, 11) is 0. The number of ether oxygens (including phenoxy) is 1. The number of hydrogen-bond donors (Lipinski definition) is 1. The van der Waals surface area contributed by atoms with Crippen molar-refractivity contribution in [1.82, 2.24) is 10.3 Å². The maximum absolute atomic E-state index is 12.0. The minimum Gasteiger partial charge on any atom is -0.491 e. The summed E-state index contributed by atoms with van der Waals surface area (Å²) in [5.74, 6) is 0.962. The van der Waals surface area contributed by atoms with Gasteiger partial charge in [0.25, 0.3) is 0 Å². The molecule has 1 N–H and O–H groups in total. The molecule has 0 spiro atoms. The molecule has 1 aromatic heterocycles. The zero-order valence-electron chi connectivity index (χ0n) is 14.2. The largest absolute Gasteiger partial charge is 0.491 e. The van der Waals surface area contributed by atoms with Gasteiger partial charge in [0, 0.05) is 11.3 Å². The van der Waals surface area contributed by atoms with Crippen LogP contribution in [0.5, 0.6) is 5.75 Å². The highest BCUT2D eigenvalue weighted by Crippen LogP contribution is 2.22. The Hall–Kier alpha value is -1.88. The summed E-state index contributed by atoms with van der Waals surface area (Å²) in [5.41, 5.74) is 5.08. The Labute approximate surface area is 141 Å². The number of rotatable bonds is 7. The number of carbonyl (C=O) groups is 1. The van der Waals surface area contributed by atoms with Gasteiger partial charge < -0.3 is 10.1 Å². The molecule has 0 aliphatic heterocycles. The molecule has 1 aromatic carbocycles. The van der Waals surface area contributed by atoms with E-state index in [1.807, 2.05) is 51.4 Å². The zero-order chi connectivity index (χ0) is 16.8. The van der Waals surface area contributed by atoms with Gasteiger partial charge >= 0.3 is 0 Å². The third-order valence-electron chi connectivity index (χ3n) is 3.72. The molecule has 1 amide bonds. The first-order valence-corrected chi connectivity index (χ1v) is 8.72. The van der Waals surface area contributed by atoms with E-state index in [0.29, 0.717) is 13.0 Å². The molecule has 0 bridgehead atoms. The van der Waals surface area contributed by atoms with E-state index in [0.717, 1.165) is 29.0 Å². The third-order valence-corrected chi connectivity index (χ3v) is 4.71. The summed E-state index contributed by atoms with van der Waals surface area (Å²) < 4.78 is 5.88. The summed E-state index contributed by atoms with van der Waals surface area (Å²) >= 11 is 1.61. The number of aromatic nitrogens is 1. The number of para-hydroxylation sites is 1. The van der Waals surface area contributed by atoms with E-state index in [2.05, 4.69) is 10.3 Å². The lowest BCUT2D eigenvalue weighted by Gasteiger charge is -2.17. The second-order valence-corrected chi connectivity index (χ2v) is 6.80. The number of benzene rings is 1. The summed E-state index contributed by atoms with van der Waals surface area (Å²) in [6.45, 7) is 8.47. The van der Waals surface area contributed by atoms with E-state index in [4.69, 9.17) is 4.74 Å². The molecular formula is C18H24N2O2S. The van der Waals surface area contributed by atoms with Crippen molar-refractivity contribution >= 4 is 17.2 Å². The molecule has 0 radical (unpaired) electrons. The maximum Gasteiger partial charge on any atom is 0.220 e. The molecule has 2 aromatic rings. The van der Waals surface area contributed by atoms with Gasteiger partial charge in [-0.15, -0.1) is 11.3 Å². The number of nitrogens with one attached hydrogen (secondary N) is 1. The van der Waals surface area contributed by atoms with Crippen molar-refractivity contribution < 1.29 is 9.53 Å². The van der Waals surface area contributed by atoms with E-state index >= 15 is 0 Å². The molecule has 1 atom stereocenters. The first-order chi connectivity index (χ1) is 11.0. The summed E-state index contributed by atoms with van der Waals surface area (Å²) in [6.07, 6.45) is 1.23. The topological polar surface area (TPSA) is 51.2 Å². The van der Waals surface area contributed by atoms with Crippen molar-refractivity contribution in [2.24, 2.45) is 0 Å². The second kappa shape index (κ2) is 8.11. The van der Waals surface area contributed by atoms with Gasteiger partial charge in [-0.05, 0) is 45.2 Å². The van der Waals surface area contributed by atoms with Crippen molar-refractivity contribution in [3.05, 3.63) is 45.4 Å². The van der Waals surface area contributed by atoms with Crippen LogP contribution in [0, 0.1) is 20.8 Å². The fourth-order valence-corrected chi connectivity index (χ4v) is 3.20. The molecule has 2 rings (SSSR count). The maximum atomic E-state index is 12.0. The predicted octanol–water partition coefficient (Wildman–Crippen LogP) is 3.58. The van der Waals surface area contributed by atoms with E-state index in [-0.39, 0.29) is 11.9 Å². The molecular weight excluding hydrogens is 308 g/mol. The van der Waals surface area contributed by atoms with Crippen LogP contribution in [0.4, 0.5) is 0 Å². The summed E-state index contributed by atoms with van der Waals surface area (Å²) in [4.78, 5) is 17.4. The number of aryl methyl sites for hydroxylation is 4. The Morgan fingerprint density at radius 2 is 2.00 bits per heavy atom. The van der Waals surface area contributed by atoms with Crippen LogP contribution in [0.2, 0.25) is 0 Å². The molecule has 1 unspecified atom stereocenters. The first kappa shape index (κ1) is 17.5. The standard InChI is InChI=1S/C18H24N2O2S/c1-12-6-5-7-13(2)18(12)22-10-14(3)20-17(21)9-8-16-15(4)19-11-23-16/h5-7,11,14H,8-10H2,1-4H3,(H,20,21). The van der Waals surface area contributed by atoms with Gasteiger partial charge in [-0.2, -0.15) is 0 Å². The molecule has 0 saturated heterocycles. The van der Waals surface area contributed by atoms with E-state index < -0.39 is 0 Å². The van der Waals surface area contributed by atoms with Crippen molar-refractivity contribution in [3.63, 3.8) is 0 Å². The van der Waals surface area contributed by atoms with Gasteiger partial charge in [0.05, 0.1) is 17.2 Å². The summed E-state index contributed by atoms with van der Waals surface area (Å²) in [6, 6.07) is 6.06. The normalized spacial score (nSPS) is 12.0. The van der Waals surface area contributed by atoms with Crippen LogP contribution in [0.25, 0.3) is 0 Å². The first-order valence-electron chi connectivity index (χ1n) is 7.84. The minimum absolute atomic E-state index is 0.0240. The van der Waals surface area contributed by atoms with Crippen LogP contribution in [0.3, 0.4) is 0 Å². The average molecular weight is 332 g/mol. The van der Waals surface area contributed by atoms with Crippen molar-refractivity contribution in [2.45, 2.75) is 46.6 Å². The molecule has 124 valence electrons. The number of carbonyl (C=O) groups excluding carboxylic acids is 1. The van der Waals surface area contributed by atoms with E-state index in [9.17, 15) is 4.79 Å². The zero-order valence-corrected chi connectivity index (χ0v) is 15.0. The Balaban J connectivity index is 1.77. The highest BCUT2D eigenvalue weighted by molar-refractivity contribution is 7.09. The van der Waals surface area contributed by atoms with Crippen molar-refractivity contribution in [2.75, 3.05) is 6.61 Å². The van der Waals surface area contributed by atoms with Crippen LogP contribution < -0.4 is 10.1 Å². The quantitative estimate of drug-likeness (QED) is 0.843. The SMILES string of the molecule is Cc1cccc(C)c1OCC(C)NC(=O)CCc1scnc1C. The third kappa shape index (κ3) is 5.06. The van der Waals surface area contributed by atoms with Crippen LogP contribution >= 0.6 is 11.3 Å². The fraction of sp³-hybridized carbons (Fsp3) is 0.444. The molecule has 0 saturated carbocycles. The Morgan fingerprint density at radius 3 is 2.61 bits per heavy atom. The van der Waals surface area contributed by atoms with E-state index in [1.165, 1.54) is 4.88 Å². The van der Waals surface area contributed by atoms with Crippen LogP contribution in [0.1, 0.15) is 35.0 Å². The second-order valence-electron chi connectivity index (χ2n) is 5.86. The Kier molecular flexibility index (Phi) is 6.16. The predicted molar refractivity (Wildman–Crippen MR) is 94.2 cm³/mol. The number of amides is 1. The Bertz CT molecular complexity index is 647. The number of thiazole rings is 1. The monoisotopic (exact) mass is 332 g/mol. The molecule has 1 heterocycles. The van der Waals surface area contributed by atoms with Gasteiger partial charge in [-0.3, -0.25) is 4.79 Å². The van der Waals surface area contributed by atoms with Gasteiger partial charge in [-0.1, -0.05) is 18.2 Å². The fourth-order valence-electron chi connectivity index (χ4n) is 2.42. The highest BCUT2D eigenvalue weighted by atomic mass is 32.1. The molecule has 0 aliphatic carbocycles. The lowest BCUT2D eigenvalue weighted by Crippen LogP contribution is -2.37. The van der Waals surface area contributed by atoms with Gasteiger partial charge in [0.2, 0.25) is 5.91 Å². The average Bonchev–Trinajstić information content (AvgIpc) is 2.90. The minimum atomic E-state index is -0.0240. The smallest absolute Gasteiger partial charge is 0.220 e. The number of hydrogen-bond acceptors (Lipinski definition) is 4. The molecule has 5 heteroatoms. The highest BCUT2D eigenvalue weighted by Gasteiger charge is 2.11. The molecule has 4 nitrogen and oxygen atoms in total. The van der Waals surface area contributed by atoms with E-state index in [1.54, 1.807) is 11.3 Å². The number of nitrogens with zero attached hydrogens (tertiary/aromatic N) is 1. The molecule has 0 aliphatic rings. The van der Waals surface area contributed by atoms with Crippen LogP contribution in [-0.4, -0.2) is 23.5 Å². The summed E-state index contributed by atoms with van der Waals surface area (Å²) in [5, 5.41) is 2.99. The van der Waals surface area contributed by atoms with Crippen molar-refractivity contribution in [3.8, 4) is 5.75 Å². The van der Waals surface area contributed by atoms with Crippen LogP contribution in [-0.2, 0) is 11.2 Å². The van der Waals surface area contributed by atoms with Gasteiger partial charge in [-0.25, -0.2) is 4.98 Å². The molecule has 23 heavy (non-hydrogen) atoms. The van der Waals surface area contributed by atoms with Gasteiger partial charge in [0.15, 0.2) is 0 Å². The Morgan fingerprint density at radius 1 is 1.30 bits per heavy atom.